The van der Waals surface area contributed by atoms with Crippen LogP contribution in [0.2, 0.25) is 5.02 Å². The molecule has 0 aliphatic heterocycles. The van der Waals surface area contributed by atoms with Crippen molar-refractivity contribution in [2.45, 2.75) is 26.3 Å². The van der Waals surface area contributed by atoms with Gasteiger partial charge in [0.2, 0.25) is 0 Å². The van der Waals surface area contributed by atoms with Crippen LogP contribution in [0.3, 0.4) is 0 Å². The fraction of sp³-hybridized carbons (Fsp3) is 0.438. The molecule has 0 fully saturated rings. The maximum absolute atomic E-state index is 6.10. The van der Waals surface area contributed by atoms with E-state index in [-0.39, 0.29) is 6.04 Å². The number of aryl methyl sites for hydroxylation is 1. The Morgan fingerprint density at radius 3 is 2.90 bits per heavy atom. The zero-order valence-electron chi connectivity index (χ0n) is 12.8. The second-order valence-electron chi connectivity index (χ2n) is 5.01. The minimum atomic E-state index is 0.205. The summed E-state index contributed by atoms with van der Waals surface area (Å²) in [6.45, 7) is 5.70. The van der Waals surface area contributed by atoms with Crippen molar-refractivity contribution in [1.82, 2.24) is 14.9 Å². The molecule has 1 atom stereocenters. The van der Waals surface area contributed by atoms with Gasteiger partial charge in [0.15, 0.2) is 0 Å². The van der Waals surface area contributed by atoms with Crippen molar-refractivity contribution in [2.75, 3.05) is 13.2 Å². The van der Waals surface area contributed by atoms with Gasteiger partial charge in [0.1, 0.15) is 11.6 Å². The molecule has 1 heterocycles. The van der Waals surface area contributed by atoms with Gasteiger partial charge in [-0.2, -0.15) is 0 Å². The molecule has 0 radical (unpaired) electrons. The van der Waals surface area contributed by atoms with Crippen LogP contribution < -0.4 is 10.1 Å². The summed E-state index contributed by atoms with van der Waals surface area (Å²) in [6.07, 6.45) is 4.52. The molecule has 0 amide bonds. The van der Waals surface area contributed by atoms with Gasteiger partial charge in [-0.3, -0.25) is 0 Å². The topological polar surface area (TPSA) is 39.1 Å². The first-order valence-corrected chi connectivity index (χ1v) is 7.61. The molecule has 21 heavy (non-hydrogen) atoms. The molecule has 114 valence electrons. The van der Waals surface area contributed by atoms with Gasteiger partial charge in [-0.05, 0) is 31.7 Å². The van der Waals surface area contributed by atoms with Crippen LogP contribution >= 0.6 is 11.6 Å². The Labute approximate surface area is 131 Å². The van der Waals surface area contributed by atoms with Gasteiger partial charge in [0.05, 0.1) is 6.61 Å². The first-order valence-electron chi connectivity index (χ1n) is 7.23. The second kappa shape index (κ2) is 7.48. The molecule has 0 aliphatic rings. The highest BCUT2D eigenvalue weighted by Gasteiger charge is 2.12. The molecule has 0 saturated heterocycles. The first kappa shape index (κ1) is 15.9. The smallest absolute Gasteiger partial charge is 0.124 e. The Bertz CT molecular complexity index is 583. The van der Waals surface area contributed by atoms with E-state index in [9.17, 15) is 0 Å². The van der Waals surface area contributed by atoms with E-state index in [4.69, 9.17) is 16.3 Å². The number of nitrogens with zero attached hydrogens (tertiary/aromatic N) is 2. The molecular weight excluding hydrogens is 286 g/mol. The molecule has 1 N–H and O–H groups in total. The third-order valence-electron chi connectivity index (χ3n) is 3.45. The van der Waals surface area contributed by atoms with Crippen LogP contribution in [0.1, 0.15) is 31.3 Å². The van der Waals surface area contributed by atoms with Crippen molar-refractivity contribution >= 4 is 11.6 Å². The SMILES string of the molecule is CCNC(C)c1cc(Cl)ccc1OCCc1nccn1C. The molecule has 2 rings (SSSR count). The Morgan fingerprint density at radius 2 is 2.24 bits per heavy atom. The summed E-state index contributed by atoms with van der Waals surface area (Å²) in [6, 6.07) is 5.96. The largest absolute Gasteiger partial charge is 0.493 e. The standard InChI is InChI=1S/C16H22ClN3O/c1-4-18-12(2)14-11-13(17)5-6-15(14)21-10-7-16-19-8-9-20(16)3/h5-6,8-9,11-12,18H,4,7,10H2,1-3H3. The monoisotopic (exact) mass is 307 g/mol. The summed E-state index contributed by atoms with van der Waals surface area (Å²) in [7, 11) is 1.99. The van der Waals surface area contributed by atoms with Crippen LogP contribution in [-0.2, 0) is 13.5 Å². The fourth-order valence-electron chi connectivity index (χ4n) is 2.29. The zero-order chi connectivity index (χ0) is 15.2. The Balaban J connectivity index is 2.03. The van der Waals surface area contributed by atoms with E-state index in [1.165, 1.54) is 0 Å². The van der Waals surface area contributed by atoms with Gasteiger partial charge in [-0.25, -0.2) is 4.98 Å². The highest BCUT2D eigenvalue weighted by atomic mass is 35.5. The van der Waals surface area contributed by atoms with Crippen LogP contribution in [0.15, 0.2) is 30.6 Å². The van der Waals surface area contributed by atoms with Gasteiger partial charge in [-0.1, -0.05) is 18.5 Å². The molecule has 5 heteroatoms. The van der Waals surface area contributed by atoms with E-state index >= 15 is 0 Å². The van der Waals surface area contributed by atoms with Crippen molar-refractivity contribution in [1.29, 1.82) is 0 Å². The fourth-order valence-corrected chi connectivity index (χ4v) is 2.48. The van der Waals surface area contributed by atoms with Crippen LogP contribution in [0.5, 0.6) is 5.75 Å². The van der Waals surface area contributed by atoms with Crippen molar-refractivity contribution in [3.05, 3.63) is 47.0 Å². The Kier molecular flexibility index (Phi) is 5.65. The van der Waals surface area contributed by atoms with E-state index in [0.29, 0.717) is 6.61 Å². The van der Waals surface area contributed by atoms with E-state index in [0.717, 1.165) is 35.1 Å². The number of aromatic nitrogens is 2. The van der Waals surface area contributed by atoms with Crippen molar-refractivity contribution in [3.63, 3.8) is 0 Å². The van der Waals surface area contributed by atoms with Crippen LogP contribution in [0.25, 0.3) is 0 Å². The normalized spacial score (nSPS) is 12.4. The molecule has 1 aromatic carbocycles. The maximum Gasteiger partial charge on any atom is 0.124 e. The zero-order valence-corrected chi connectivity index (χ0v) is 13.5. The number of imidazole rings is 1. The number of benzene rings is 1. The molecule has 0 spiro atoms. The summed E-state index contributed by atoms with van der Waals surface area (Å²) < 4.78 is 7.94. The van der Waals surface area contributed by atoms with Crippen LogP contribution in [-0.4, -0.2) is 22.7 Å². The van der Waals surface area contributed by atoms with Gasteiger partial charge < -0.3 is 14.6 Å². The maximum atomic E-state index is 6.10. The van der Waals surface area contributed by atoms with E-state index in [1.807, 2.05) is 36.0 Å². The quantitative estimate of drug-likeness (QED) is 0.852. The molecule has 1 aromatic heterocycles. The Hall–Kier alpha value is -1.52. The summed E-state index contributed by atoms with van der Waals surface area (Å²) in [5.41, 5.74) is 1.09. The van der Waals surface area contributed by atoms with E-state index in [1.54, 1.807) is 6.20 Å². The summed E-state index contributed by atoms with van der Waals surface area (Å²) in [5, 5.41) is 4.12. The average molecular weight is 308 g/mol. The summed E-state index contributed by atoms with van der Waals surface area (Å²) in [4.78, 5) is 4.30. The highest BCUT2D eigenvalue weighted by molar-refractivity contribution is 6.30. The number of ether oxygens (including phenoxy) is 1. The Morgan fingerprint density at radius 1 is 1.43 bits per heavy atom. The number of rotatable bonds is 7. The van der Waals surface area contributed by atoms with Gasteiger partial charge in [0.25, 0.3) is 0 Å². The number of nitrogens with one attached hydrogen (secondary N) is 1. The lowest BCUT2D eigenvalue weighted by Gasteiger charge is -2.18. The number of hydrogen-bond acceptors (Lipinski definition) is 3. The van der Waals surface area contributed by atoms with Crippen LogP contribution in [0.4, 0.5) is 0 Å². The van der Waals surface area contributed by atoms with E-state index < -0.39 is 0 Å². The molecule has 0 saturated carbocycles. The third-order valence-corrected chi connectivity index (χ3v) is 3.69. The number of halogens is 1. The average Bonchev–Trinajstić information content (AvgIpc) is 2.86. The predicted molar refractivity (Wildman–Crippen MR) is 86.0 cm³/mol. The van der Waals surface area contributed by atoms with Crippen molar-refractivity contribution in [2.24, 2.45) is 7.05 Å². The van der Waals surface area contributed by atoms with Crippen LogP contribution in [0, 0.1) is 0 Å². The van der Waals surface area contributed by atoms with Crippen molar-refractivity contribution < 1.29 is 4.74 Å². The minimum absolute atomic E-state index is 0.205. The minimum Gasteiger partial charge on any atom is -0.493 e. The van der Waals surface area contributed by atoms with Crippen molar-refractivity contribution in [3.8, 4) is 5.75 Å². The molecule has 2 aromatic rings. The lowest BCUT2D eigenvalue weighted by molar-refractivity contribution is 0.311. The summed E-state index contributed by atoms with van der Waals surface area (Å²) >= 11 is 6.10. The van der Waals surface area contributed by atoms with Gasteiger partial charge in [-0.15, -0.1) is 0 Å². The van der Waals surface area contributed by atoms with Gasteiger partial charge >= 0.3 is 0 Å². The predicted octanol–water partition coefficient (Wildman–Crippen LogP) is 3.37. The number of hydrogen-bond donors (Lipinski definition) is 1. The third kappa shape index (κ3) is 4.22. The molecule has 0 bridgehead atoms. The van der Waals surface area contributed by atoms with E-state index in [2.05, 4.69) is 24.1 Å². The lowest BCUT2D eigenvalue weighted by atomic mass is 10.1. The second-order valence-corrected chi connectivity index (χ2v) is 5.45. The first-order chi connectivity index (χ1) is 10.1. The lowest BCUT2D eigenvalue weighted by Crippen LogP contribution is -2.19. The molecule has 4 nitrogen and oxygen atoms in total. The summed E-state index contributed by atoms with van der Waals surface area (Å²) in [5.74, 6) is 1.90. The highest BCUT2D eigenvalue weighted by Crippen LogP contribution is 2.28. The molecular formula is C16H22ClN3O. The molecule has 1 unspecified atom stereocenters. The van der Waals surface area contributed by atoms with Gasteiger partial charge in [0, 0.05) is 42.5 Å². The molecule has 0 aliphatic carbocycles.